The molecule has 4 rings (SSSR count). The summed E-state index contributed by atoms with van der Waals surface area (Å²) >= 11 is 0. The van der Waals surface area contributed by atoms with Crippen LogP contribution < -0.4 is 0 Å². The second kappa shape index (κ2) is 7.75. The maximum Gasteiger partial charge on any atom is 0.295 e. The minimum Gasteiger partial charge on any atom is -0.507 e. The van der Waals surface area contributed by atoms with Crippen LogP contribution in [0.4, 0.5) is 4.39 Å². The first-order chi connectivity index (χ1) is 14.1. The van der Waals surface area contributed by atoms with E-state index in [1.54, 1.807) is 24.7 Å². The zero-order valence-corrected chi connectivity index (χ0v) is 15.4. The number of furan rings is 1. The lowest BCUT2D eigenvalue weighted by atomic mass is 9.99. The standard InChI is InChI=1S/C21H18FN3O4/c22-15-6-4-14(5-7-15)19(26)17-18(16-3-1-12-29-16)25(21(28)20(17)27)10-2-9-24-11-8-23-13-24/h1,3-8,11-13,18,26H,2,9-10H2/b19-17+/t18-/m0/s1. The third-order valence-electron chi connectivity index (χ3n) is 4.84. The summed E-state index contributed by atoms with van der Waals surface area (Å²) in [6, 6.07) is 7.52. The van der Waals surface area contributed by atoms with Crippen molar-refractivity contribution in [2.75, 3.05) is 6.54 Å². The summed E-state index contributed by atoms with van der Waals surface area (Å²) in [5.41, 5.74) is 0.179. The molecule has 7 nitrogen and oxygen atoms in total. The minimum atomic E-state index is -0.849. The largest absolute Gasteiger partial charge is 0.507 e. The number of imidazole rings is 1. The van der Waals surface area contributed by atoms with Gasteiger partial charge >= 0.3 is 0 Å². The number of hydrogen-bond donors (Lipinski definition) is 1. The molecule has 2 aromatic heterocycles. The lowest BCUT2D eigenvalue weighted by molar-refractivity contribution is -0.140. The molecular weight excluding hydrogens is 377 g/mol. The lowest BCUT2D eigenvalue weighted by Gasteiger charge is -2.23. The SMILES string of the molecule is O=C1C(=O)N(CCCn2ccnc2)[C@@H](c2ccco2)/C1=C(\O)c1ccc(F)cc1. The zero-order chi connectivity index (χ0) is 20.4. The van der Waals surface area contributed by atoms with Gasteiger partial charge in [0.1, 0.15) is 23.4 Å². The van der Waals surface area contributed by atoms with Gasteiger partial charge < -0.3 is 19.0 Å². The predicted molar refractivity (Wildman–Crippen MR) is 101 cm³/mol. The zero-order valence-electron chi connectivity index (χ0n) is 15.4. The number of carbonyl (C=O) groups excluding carboxylic acids is 2. The Hall–Kier alpha value is -3.68. The maximum absolute atomic E-state index is 13.2. The normalized spacial score (nSPS) is 18.5. The van der Waals surface area contributed by atoms with E-state index in [9.17, 15) is 19.1 Å². The first kappa shape index (κ1) is 18.7. The van der Waals surface area contributed by atoms with E-state index in [1.807, 2.05) is 10.8 Å². The van der Waals surface area contributed by atoms with Crippen molar-refractivity contribution in [3.8, 4) is 0 Å². The van der Waals surface area contributed by atoms with Gasteiger partial charge in [0.05, 0.1) is 18.2 Å². The Balaban J connectivity index is 1.68. The smallest absolute Gasteiger partial charge is 0.295 e. The van der Waals surface area contributed by atoms with Crippen LogP contribution in [0.5, 0.6) is 0 Å². The molecule has 1 aliphatic rings. The van der Waals surface area contributed by atoms with Crippen molar-refractivity contribution >= 4 is 17.4 Å². The van der Waals surface area contributed by atoms with Crippen LogP contribution in [0.15, 0.2) is 71.4 Å². The molecule has 8 heteroatoms. The Kier molecular flexibility index (Phi) is 4.99. The molecule has 3 aromatic rings. The molecule has 1 atom stereocenters. The number of likely N-dealkylation sites (tertiary alicyclic amines) is 1. The van der Waals surface area contributed by atoms with Crippen LogP contribution >= 0.6 is 0 Å². The molecule has 0 aliphatic carbocycles. The van der Waals surface area contributed by atoms with Crippen molar-refractivity contribution in [1.82, 2.24) is 14.5 Å². The minimum absolute atomic E-state index is 0.0702. The molecule has 1 fully saturated rings. The first-order valence-corrected chi connectivity index (χ1v) is 9.10. The van der Waals surface area contributed by atoms with Crippen molar-refractivity contribution in [3.63, 3.8) is 0 Å². The van der Waals surface area contributed by atoms with Crippen molar-refractivity contribution in [2.45, 2.75) is 19.0 Å². The topological polar surface area (TPSA) is 88.6 Å². The summed E-state index contributed by atoms with van der Waals surface area (Å²) in [6.45, 7) is 0.903. The van der Waals surface area contributed by atoms with Crippen LogP contribution in [-0.4, -0.2) is 37.8 Å². The van der Waals surface area contributed by atoms with Gasteiger partial charge in [-0.2, -0.15) is 0 Å². The van der Waals surface area contributed by atoms with E-state index in [0.29, 0.717) is 18.7 Å². The number of ketones is 1. The Morgan fingerprint density at radius 3 is 2.62 bits per heavy atom. The van der Waals surface area contributed by atoms with E-state index in [0.717, 1.165) is 0 Å². The average Bonchev–Trinajstić information content (AvgIpc) is 3.46. The number of Topliss-reactive ketones (excluding diaryl/α,β-unsaturated/α-hetero) is 1. The molecule has 1 saturated heterocycles. The van der Waals surface area contributed by atoms with Gasteiger partial charge in [-0.15, -0.1) is 0 Å². The second-order valence-electron chi connectivity index (χ2n) is 6.67. The van der Waals surface area contributed by atoms with E-state index in [2.05, 4.69) is 4.98 Å². The number of aliphatic hydroxyl groups is 1. The Bertz CT molecular complexity index is 1040. The van der Waals surface area contributed by atoms with Gasteiger partial charge in [0.25, 0.3) is 11.7 Å². The quantitative estimate of drug-likeness (QED) is 0.394. The molecule has 29 heavy (non-hydrogen) atoms. The van der Waals surface area contributed by atoms with Crippen LogP contribution in [0.2, 0.25) is 0 Å². The number of rotatable bonds is 6. The molecule has 0 spiro atoms. The van der Waals surface area contributed by atoms with Gasteiger partial charge in [0.2, 0.25) is 0 Å². The number of nitrogens with zero attached hydrogens (tertiary/aromatic N) is 3. The highest BCUT2D eigenvalue weighted by atomic mass is 19.1. The van der Waals surface area contributed by atoms with E-state index >= 15 is 0 Å². The summed E-state index contributed by atoms with van der Waals surface area (Å²) < 4.78 is 20.6. The van der Waals surface area contributed by atoms with Crippen molar-refractivity contribution in [3.05, 3.63) is 84.1 Å². The Labute approximate surface area is 165 Å². The van der Waals surface area contributed by atoms with Crippen LogP contribution in [0, 0.1) is 5.82 Å². The van der Waals surface area contributed by atoms with Crippen LogP contribution in [0.3, 0.4) is 0 Å². The van der Waals surface area contributed by atoms with Gasteiger partial charge in [-0.3, -0.25) is 9.59 Å². The predicted octanol–water partition coefficient (Wildman–Crippen LogP) is 3.13. The fraction of sp³-hybridized carbons (Fsp3) is 0.190. The Morgan fingerprint density at radius 2 is 1.97 bits per heavy atom. The first-order valence-electron chi connectivity index (χ1n) is 9.10. The molecule has 148 valence electrons. The number of halogens is 1. The monoisotopic (exact) mass is 395 g/mol. The molecule has 0 saturated carbocycles. The highest BCUT2D eigenvalue weighted by Gasteiger charge is 2.47. The van der Waals surface area contributed by atoms with Gasteiger partial charge in [-0.05, 0) is 42.8 Å². The Morgan fingerprint density at radius 1 is 1.17 bits per heavy atom. The number of hydrogen-bond acceptors (Lipinski definition) is 5. The fourth-order valence-electron chi connectivity index (χ4n) is 3.46. The van der Waals surface area contributed by atoms with E-state index < -0.39 is 23.5 Å². The summed E-state index contributed by atoms with van der Waals surface area (Å²) in [5, 5.41) is 10.8. The molecule has 0 radical (unpaired) electrons. The van der Waals surface area contributed by atoms with Gasteiger partial charge in [0.15, 0.2) is 0 Å². The summed E-state index contributed by atoms with van der Waals surface area (Å²) in [6.07, 6.45) is 7.17. The fourth-order valence-corrected chi connectivity index (χ4v) is 3.46. The molecule has 1 amide bonds. The van der Waals surface area contributed by atoms with Gasteiger partial charge in [0, 0.05) is 31.0 Å². The molecular formula is C21H18FN3O4. The lowest BCUT2D eigenvalue weighted by Crippen LogP contribution is -2.31. The molecule has 1 N–H and O–H groups in total. The average molecular weight is 395 g/mol. The number of aryl methyl sites for hydroxylation is 1. The van der Waals surface area contributed by atoms with E-state index in [4.69, 9.17) is 4.42 Å². The molecule has 1 aliphatic heterocycles. The number of amides is 1. The van der Waals surface area contributed by atoms with Crippen molar-refractivity contribution in [2.24, 2.45) is 0 Å². The maximum atomic E-state index is 13.2. The molecule has 0 bridgehead atoms. The highest BCUT2D eigenvalue weighted by Crippen LogP contribution is 2.39. The summed E-state index contributed by atoms with van der Waals surface area (Å²) in [5.74, 6) is -1.96. The molecule has 3 heterocycles. The second-order valence-corrected chi connectivity index (χ2v) is 6.67. The van der Waals surface area contributed by atoms with E-state index in [-0.39, 0.29) is 23.4 Å². The summed E-state index contributed by atoms with van der Waals surface area (Å²) in [4.78, 5) is 30.8. The van der Waals surface area contributed by atoms with Crippen molar-refractivity contribution in [1.29, 1.82) is 0 Å². The summed E-state index contributed by atoms with van der Waals surface area (Å²) in [7, 11) is 0. The van der Waals surface area contributed by atoms with Gasteiger partial charge in [-0.25, -0.2) is 9.37 Å². The van der Waals surface area contributed by atoms with Crippen LogP contribution in [-0.2, 0) is 16.1 Å². The third-order valence-corrected chi connectivity index (χ3v) is 4.84. The number of aliphatic hydroxyl groups excluding tert-OH is 1. The highest BCUT2D eigenvalue weighted by molar-refractivity contribution is 6.46. The van der Waals surface area contributed by atoms with Crippen LogP contribution in [0.25, 0.3) is 5.76 Å². The molecule has 1 aromatic carbocycles. The third kappa shape index (κ3) is 3.56. The number of benzene rings is 1. The molecule has 0 unspecified atom stereocenters. The van der Waals surface area contributed by atoms with E-state index in [1.165, 1.54) is 35.4 Å². The van der Waals surface area contributed by atoms with Crippen LogP contribution in [0.1, 0.15) is 23.8 Å². The number of carbonyl (C=O) groups is 2. The number of aromatic nitrogens is 2. The van der Waals surface area contributed by atoms with Crippen molar-refractivity contribution < 1.29 is 23.5 Å². The van der Waals surface area contributed by atoms with Gasteiger partial charge in [-0.1, -0.05) is 0 Å².